The summed E-state index contributed by atoms with van der Waals surface area (Å²) in [6, 6.07) is 0. The third-order valence-electron chi connectivity index (χ3n) is 2.84. The Hall–Kier alpha value is -0.790. The molecule has 0 saturated heterocycles. The molecule has 0 spiro atoms. The summed E-state index contributed by atoms with van der Waals surface area (Å²) in [5.41, 5.74) is 1.10. The highest BCUT2D eigenvalue weighted by Gasteiger charge is 2.22. The van der Waals surface area contributed by atoms with Gasteiger partial charge in [-0.3, -0.25) is 0 Å². The molecule has 0 amide bonds. The number of rotatable bonds is 2. The van der Waals surface area contributed by atoms with E-state index in [0.717, 1.165) is 11.6 Å². The van der Waals surface area contributed by atoms with Crippen LogP contribution in [0.15, 0.2) is 10.7 Å². The van der Waals surface area contributed by atoms with E-state index >= 15 is 0 Å². The van der Waals surface area contributed by atoms with Gasteiger partial charge in [-0.15, -0.1) is 0 Å². The summed E-state index contributed by atoms with van der Waals surface area (Å²) >= 11 is 0. The van der Waals surface area contributed by atoms with Crippen LogP contribution < -0.4 is 0 Å². The molecule has 0 bridgehead atoms. The Balaban J connectivity index is 2.12. The number of aromatic nitrogens is 1. The molecule has 1 aliphatic carbocycles. The van der Waals surface area contributed by atoms with Crippen LogP contribution in [0.4, 0.5) is 0 Å². The van der Waals surface area contributed by atoms with Crippen LogP contribution in [0.2, 0.25) is 0 Å². The van der Waals surface area contributed by atoms with E-state index in [2.05, 4.69) is 18.8 Å². The molecule has 1 heterocycles. The van der Waals surface area contributed by atoms with Crippen molar-refractivity contribution in [3.63, 3.8) is 0 Å². The maximum absolute atomic E-state index is 5.50. The van der Waals surface area contributed by atoms with Crippen molar-refractivity contribution in [2.45, 2.75) is 51.4 Å². The van der Waals surface area contributed by atoms with Crippen LogP contribution in [0.5, 0.6) is 0 Å². The van der Waals surface area contributed by atoms with Gasteiger partial charge in [-0.2, -0.15) is 0 Å². The number of hydrogen-bond acceptors (Lipinski definition) is 2. The van der Waals surface area contributed by atoms with Gasteiger partial charge >= 0.3 is 0 Å². The first kappa shape index (κ1) is 8.79. The lowest BCUT2D eigenvalue weighted by atomic mass is 10.1. The van der Waals surface area contributed by atoms with Gasteiger partial charge in [0.2, 0.25) is 0 Å². The van der Waals surface area contributed by atoms with Gasteiger partial charge < -0.3 is 4.42 Å². The van der Waals surface area contributed by atoms with Crippen LogP contribution in [0.25, 0.3) is 0 Å². The Bertz CT molecular complexity index is 271. The molecular weight excluding hydrogens is 162 g/mol. The molecule has 2 nitrogen and oxygen atoms in total. The molecule has 2 rings (SSSR count). The van der Waals surface area contributed by atoms with Gasteiger partial charge in [0.25, 0.3) is 0 Å². The zero-order chi connectivity index (χ0) is 9.26. The van der Waals surface area contributed by atoms with Gasteiger partial charge in [-0.05, 0) is 18.8 Å². The van der Waals surface area contributed by atoms with Crippen LogP contribution in [0, 0.1) is 0 Å². The van der Waals surface area contributed by atoms with E-state index in [1.54, 1.807) is 0 Å². The predicted octanol–water partition coefficient (Wildman–Crippen LogP) is 3.46. The maximum atomic E-state index is 5.50. The van der Waals surface area contributed by atoms with Crippen molar-refractivity contribution in [3.05, 3.63) is 17.8 Å². The Morgan fingerprint density at radius 3 is 2.62 bits per heavy atom. The molecule has 0 aromatic carbocycles. The van der Waals surface area contributed by atoms with Gasteiger partial charge in [0.05, 0.1) is 5.69 Å². The molecule has 1 aliphatic rings. The molecule has 1 aromatic heterocycles. The SMILES string of the molecule is CC(C)c1coc(C2CCCC2)n1. The monoisotopic (exact) mass is 179 g/mol. The standard InChI is InChI=1S/C11H17NO/c1-8(2)10-7-13-11(12-10)9-5-3-4-6-9/h7-9H,3-6H2,1-2H3. The smallest absolute Gasteiger partial charge is 0.197 e. The van der Waals surface area contributed by atoms with Crippen molar-refractivity contribution in [1.29, 1.82) is 0 Å². The topological polar surface area (TPSA) is 26.0 Å². The van der Waals surface area contributed by atoms with Crippen molar-refractivity contribution in [2.24, 2.45) is 0 Å². The van der Waals surface area contributed by atoms with Crippen molar-refractivity contribution >= 4 is 0 Å². The molecule has 13 heavy (non-hydrogen) atoms. The van der Waals surface area contributed by atoms with Crippen LogP contribution in [-0.4, -0.2) is 4.98 Å². The summed E-state index contributed by atoms with van der Waals surface area (Å²) < 4.78 is 5.50. The van der Waals surface area contributed by atoms with Crippen molar-refractivity contribution < 1.29 is 4.42 Å². The van der Waals surface area contributed by atoms with E-state index in [-0.39, 0.29) is 0 Å². The Morgan fingerprint density at radius 1 is 1.38 bits per heavy atom. The Morgan fingerprint density at radius 2 is 2.08 bits per heavy atom. The number of hydrogen-bond donors (Lipinski definition) is 0. The minimum atomic E-state index is 0.485. The normalized spacial score (nSPS) is 18.7. The average Bonchev–Trinajstić information content (AvgIpc) is 2.75. The molecule has 0 unspecified atom stereocenters. The first-order valence-electron chi connectivity index (χ1n) is 5.22. The van der Waals surface area contributed by atoms with Crippen LogP contribution in [0.3, 0.4) is 0 Å². The fraction of sp³-hybridized carbons (Fsp3) is 0.727. The molecule has 72 valence electrons. The van der Waals surface area contributed by atoms with E-state index in [9.17, 15) is 0 Å². The van der Waals surface area contributed by atoms with Gasteiger partial charge in [0.1, 0.15) is 6.26 Å². The van der Waals surface area contributed by atoms with Gasteiger partial charge in [-0.25, -0.2) is 4.98 Å². The van der Waals surface area contributed by atoms with E-state index in [0.29, 0.717) is 11.8 Å². The molecule has 1 aromatic rings. The molecular formula is C11H17NO. The van der Waals surface area contributed by atoms with Gasteiger partial charge in [-0.1, -0.05) is 26.7 Å². The van der Waals surface area contributed by atoms with E-state index in [1.807, 2.05) is 6.26 Å². The van der Waals surface area contributed by atoms with Crippen molar-refractivity contribution in [3.8, 4) is 0 Å². The van der Waals surface area contributed by atoms with Crippen LogP contribution in [-0.2, 0) is 0 Å². The molecule has 0 atom stereocenters. The molecule has 0 aliphatic heterocycles. The largest absolute Gasteiger partial charge is 0.448 e. The minimum absolute atomic E-state index is 0.485. The zero-order valence-corrected chi connectivity index (χ0v) is 8.42. The third kappa shape index (κ3) is 1.77. The highest BCUT2D eigenvalue weighted by molar-refractivity contribution is 5.05. The second kappa shape index (κ2) is 3.52. The van der Waals surface area contributed by atoms with E-state index in [4.69, 9.17) is 4.42 Å². The number of nitrogens with zero attached hydrogens (tertiary/aromatic N) is 1. The summed E-state index contributed by atoms with van der Waals surface area (Å²) in [6.07, 6.45) is 7.02. The summed E-state index contributed by atoms with van der Waals surface area (Å²) in [7, 11) is 0. The summed E-state index contributed by atoms with van der Waals surface area (Å²) in [6.45, 7) is 4.30. The highest BCUT2D eigenvalue weighted by Crippen LogP contribution is 2.33. The lowest BCUT2D eigenvalue weighted by Gasteiger charge is -2.01. The molecule has 1 saturated carbocycles. The van der Waals surface area contributed by atoms with Gasteiger partial charge in [0.15, 0.2) is 5.89 Å². The summed E-state index contributed by atoms with van der Waals surface area (Å²) in [5, 5.41) is 0. The Kier molecular flexibility index (Phi) is 2.38. The maximum Gasteiger partial charge on any atom is 0.197 e. The fourth-order valence-corrected chi connectivity index (χ4v) is 1.93. The molecule has 0 radical (unpaired) electrons. The van der Waals surface area contributed by atoms with E-state index in [1.165, 1.54) is 25.7 Å². The summed E-state index contributed by atoms with van der Waals surface area (Å²) in [5.74, 6) is 2.06. The van der Waals surface area contributed by atoms with Crippen LogP contribution in [0.1, 0.15) is 63.0 Å². The van der Waals surface area contributed by atoms with Crippen molar-refractivity contribution in [1.82, 2.24) is 4.98 Å². The molecule has 2 heteroatoms. The van der Waals surface area contributed by atoms with Gasteiger partial charge in [0, 0.05) is 5.92 Å². The second-order valence-corrected chi connectivity index (χ2v) is 4.25. The van der Waals surface area contributed by atoms with Crippen LogP contribution >= 0.6 is 0 Å². The Labute approximate surface area is 79.4 Å². The number of oxazole rings is 1. The molecule has 1 fully saturated rings. The average molecular weight is 179 g/mol. The molecule has 0 N–H and O–H groups in total. The quantitative estimate of drug-likeness (QED) is 0.695. The third-order valence-corrected chi connectivity index (χ3v) is 2.84. The first-order chi connectivity index (χ1) is 6.27. The first-order valence-corrected chi connectivity index (χ1v) is 5.22. The lowest BCUT2D eigenvalue weighted by molar-refractivity contribution is 0.448. The predicted molar refractivity (Wildman–Crippen MR) is 51.8 cm³/mol. The fourth-order valence-electron chi connectivity index (χ4n) is 1.93. The zero-order valence-electron chi connectivity index (χ0n) is 8.42. The summed E-state index contributed by atoms with van der Waals surface area (Å²) in [4.78, 5) is 4.53. The minimum Gasteiger partial charge on any atom is -0.448 e. The van der Waals surface area contributed by atoms with E-state index < -0.39 is 0 Å². The lowest BCUT2D eigenvalue weighted by Crippen LogP contribution is -1.94. The second-order valence-electron chi connectivity index (χ2n) is 4.25. The highest BCUT2D eigenvalue weighted by atomic mass is 16.3. The van der Waals surface area contributed by atoms with Crippen molar-refractivity contribution in [2.75, 3.05) is 0 Å².